The van der Waals surface area contributed by atoms with Gasteiger partial charge in [0, 0.05) is 11.8 Å². The van der Waals surface area contributed by atoms with Crippen LogP contribution in [0.1, 0.15) is 26.4 Å². The van der Waals surface area contributed by atoms with E-state index in [4.69, 9.17) is 11.6 Å². The molecule has 84 valence electrons. The molecule has 0 saturated heterocycles. The van der Waals surface area contributed by atoms with Crippen LogP contribution in [0, 0.1) is 0 Å². The normalized spacial score (nSPS) is 9.94. The molecule has 0 fully saturated rings. The van der Waals surface area contributed by atoms with E-state index >= 15 is 0 Å². The first-order chi connectivity index (χ1) is 8.20. The van der Waals surface area contributed by atoms with Crippen LogP contribution in [0.2, 0.25) is 0 Å². The standard InChI is InChI=1S/C13H8ClNO2/c14-13(17)11-10(7-4-8-15-11)12(16)9-5-2-1-3-6-9/h1-8H. The molecular weight excluding hydrogens is 238 g/mol. The molecule has 0 aliphatic rings. The van der Waals surface area contributed by atoms with Gasteiger partial charge in [-0.2, -0.15) is 0 Å². The lowest BCUT2D eigenvalue weighted by molar-refractivity contribution is 0.102. The van der Waals surface area contributed by atoms with Crippen molar-refractivity contribution in [1.29, 1.82) is 0 Å². The molecule has 0 amide bonds. The predicted molar refractivity (Wildman–Crippen MR) is 64.3 cm³/mol. The molecule has 1 heterocycles. The Hall–Kier alpha value is -2.00. The fraction of sp³-hybridized carbons (Fsp3) is 0. The van der Waals surface area contributed by atoms with E-state index in [-0.39, 0.29) is 17.0 Å². The average molecular weight is 246 g/mol. The molecule has 0 spiro atoms. The summed E-state index contributed by atoms with van der Waals surface area (Å²) in [5.41, 5.74) is 0.710. The second-order valence-corrected chi connectivity index (χ2v) is 3.71. The van der Waals surface area contributed by atoms with Gasteiger partial charge in [0.1, 0.15) is 5.69 Å². The second kappa shape index (κ2) is 4.89. The van der Waals surface area contributed by atoms with Gasteiger partial charge in [-0.25, -0.2) is 0 Å². The molecule has 0 aliphatic heterocycles. The van der Waals surface area contributed by atoms with Crippen molar-refractivity contribution in [1.82, 2.24) is 4.98 Å². The highest BCUT2D eigenvalue weighted by molar-refractivity contribution is 6.68. The zero-order valence-corrected chi connectivity index (χ0v) is 9.52. The number of benzene rings is 1. The summed E-state index contributed by atoms with van der Waals surface area (Å²) in [5, 5.41) is -0.732. The number of halogens is 1. The van der Waals surface area contributed by atoms with E-state index in [1.54, 1.807) is 30.3 Å². The van der Waals surface area contributed by atoms with E-state index in [0.717, 1.165) is 0 Å². The first kappa shape index (κ1) is 11.5. The summed E-state index contributed by atoms with van der Waals surface area (Å²) >= 11 is 5.39. The Bertz CT molecular complexity index is 567. The monoisotopic (exact) mass is 245 g/mol. The van der Waals surface area contributed by atoms with Gasteiger partial charge >= 0.3 is 0 Å². The van der Waals surface area contributed by atoms with Crippen LogP contribution in [0.15, 0.2) is 48.7 Å². The van der Waals surface area contributed by atoms with Gasteiger partial charge < -0.3 is 0 Å². The molecule has 1 aromatic heterocycles. The van der Waals surface area contributed by atoms with Crippen LogP contribution < -0.4 is 0 Å². The predicted octanol–water partition coefficient (Wildman–Crippen LogP) is 2.69. The minimum absolute atomic E-state index is 0.0111. The van der Waals surface area contributed by atoms with Crippen molar-refractivity contribution in [2.45, 2.75) is 0 Å². The smallest absolute Gasteiger partial charge is 0.271 e. The highest BCUT2D eigenvalue weighted by Gasteiger charge is 2.17. The van der Waals surface area contributed by atoms with Crippen LogP contribution in [0.3, 0.4) is 0 Å². The van der Waals surface area contributed by atoms with E-state index in [9.17, 15) is 9.59 Å². The number of hydrogen-bond donors (Lipinski definition) is 0. The Morgan fingerprint density at radius 2 is 1.71 bits per heavy atom. The van der Waals surface area contributed by atoms with Crippen molar-refractivity contribution in [3.8, 4) is 0 Å². The number of carbonyl (C=O) groups excluding carboxylic acids is 2. The lowest BCUT2D eigenvalue weighted by Gasteiger charge is -2.03. The van der Waals surface area contributed by atoms with Gasteiger partial charge in [0.05, 0.1) is 5.56 Å². The third kappa shape index (κ3) is 2.40. The van der Waals surface area contributed by atoms with Crippen molar-refractivity contribution in [3.05, 3.63) is 65.5 Å². The van der Waals surface area contributed by atoms with Crippen molar-refractivity contribution >= 4 is 22.6 Å². The number of ketones is 1. The SMILES string of the molecule is O=C(c1ccccc1)c1cccnc1C(=O)Cl. The summed E-state index contributed by atoms with van der Waals surface area (Å²) in [6, 6.07) is 11.8. The quantitative estimate of drug-likeness (QED) is 0.617. The van der Waals surface area contributed by atoms with E-state index < -0.39 is 5.24 Å². The highest BCUT2D eigenvalue weighted by atomic mass is 35.5. The Labute approximate surface area is 103 Å². The largest absolute Gasteiger partial charge is 0.289 e. The maximum Gasteiger partial charge on any atom is 0.271 e. The number of rotatable bonds is 3. The summed E-state index contributed by atoms with van der Waals surface area (Å²) in [4.78, 5) is 27.1. The zero-order valence-electron chi connectivity index (χ0n) is 8.76. The van der Waals surface area contributed by atoms with Crippen molar-refractivity contribution < 1.29 is 9.59 Å². The minimum atomic E-state index is -0.732. The number of pyridine rings is 1. The van der Waals surface area contributed by atoms with Crippen LogP contribution in [-0.2, 0) is 0 Å². The molecule has 0 saturated carbocycles. The number of carbonyl (C=O) groups is 2. The number of hydrogen-bond acceptors (Lipinski definition) is 3. The van der Waals surface area contributed by atoms with E-state index in [2.05, 4.69) is 4.98 Å². The third-order valence-corrected chi connectivity index (χ3v) is 2.45. The molecule has 0 bridgehead atoms. The molecule has 0 N–H and O–H groups in total. The molecule has 0 aliphatic carbocycles. The topological polar surface area (TPSA) is 47.0 Å². The van der Waals surface area contributed by atoms with E-state index in [0.29, 0.717) is 5.56 Å². The Morgan fingerprint density at radius 1 is 1.00 bits per heavy atom. The van der Waals surface area contributed by atoms with Crippen LogP contribution in [0.5, 0.6) is 0 Å². The van der Waals surface area contributed by atoms with Crippen LogP contribution in [0.4, 0.5) is 0 Å². The minimum Gasteiger partial charge on any atom is -0.289 e. The molecule has 4 heteroatoms. The second-order valence-electron chi connectivity index (χ2n) is 3.37. The van der Waals surface area contributed by atoms with Crippen molar-refractivity contribution in [3.63, 3.8) is 0 Å². The van der Waals surface area contributed by atoms with Gasteiger partial charge in [0.25, 0.3) is 5.24 Å². The van der Waals surface area contributed by atoms with Crippen molar-refractivity contribution in [2.75, 3.05) is 0 Å². The van der Waals surface area contributed by atoms with Crippen LogP contribution >= 0.6 is 11.6 Å². The average Bonchev–Trinajstić information content (AvgIpc) is 2.39. The van der Waals surface area contributed by atoms with Gasteiger partial charge in [0.15, 0.2) is 5.78 Å². The number of aromatic nitrogens is 1. The summed E-state index contributed by atoms with van der Waals surface area (Å²) in [6.45, 7) is 0. The summed E-state index contributed by atoms with van der Waals surface area (Å²) < 4.78 is 0. The molecule has 2 aromatic rings. The summed E-state index contributed by atoms with van der Waals surface area (Å²) in [7, 11) is 0. The van der Waals surface area contributed by atoms with Crippen LogP contribution in [0.25, 0.3) is 0 Å². The summed E-state index contributed by atoms with van der Waals surface area (Å²) in [5.74, 6) is -0.261. The lowest BCUT2D eigenvalue weighted by atomic mass is 10.0. The Morgan fingerprint density at radius 3 is 2.35 bits per heavy atom. The molecule has 3 nitrogen and oxygen atoms in total. The van der Waals surface area contributed by atoms with Gasteiger partial charge in [-0.15, -0.1) is 0 Å². The zero-order chi connectivity index (χ0) is 12.3. The first-order valence-corrected chi connectivity index (χ1v) is 5.32. The van der Waals surface area contributed by atoms with Crippen LogP contribution in [-0.4, -0.2) is 16.0 Å². The van der Waals surface area contributed by atoms with E-state index in [1.165, 1.54) is 12.3 Å². The van der Waals surface area contributed by atoms with Gasteiger partial charge in [-0.1, -0.05) is 30.3 Å². The first-order valence-electron chi connectivity index (χ1n) is 4.95. The van der Waals surface area contributed by atoms with Gasteiger partial charge in [-0.05, 0) is 23.7 Å². The number of nitrogens with zero attached hydrogens (tertiary/aromatic N) is 1. The molecule has 0 radical (unpaired) electrons. The summed E-state index contributed by atoms with van der Waals surface area (Å²) in [6.07, 6.45) is 1.43. The lowest BCUT2D eigenvalue weighted by Crippen LogP contribution is -2.08. The van der Waals surface area contributed by atoms with E-state index in [1.807, 2.05) is 6.07 Å². The van der Waals surface area contributed by atoms with Crippen molar-refractivity contribution in [2.24, 2.45) is 0 Å². The fourth-order valence-electron chi connectivity index (χ4n) is 1.49. The molecule has 0 atom stereocenters. The molecule has 17 heavy (non-hydrogen) atoms. The maximum absolute atomic E-state index is 12.1. The van der Waals surface area contributed by atoms with Gasteiger partial charge in [-0.3, -0.25) is 14.6 Å². The molecular formula is C13H8ClNO2. The molecule has 1 aromatic carbocycles. The third-order valence-electron chi connectivity index (χ3n) is 2.27. The fourth-order valence-corrected chi connectivity index (χ4v) is 1.64. The Balaban J connectivity index is 2.48. The molecule has 0 unspecified atom stereocenters. The maximum atomic E-state index is 12.1. The van der Waals surface area contributed by atoms with Gasteiger partial charge in [0.2, 0.25) is 0 Å². The Kier molecular flexibility index (Phi) is 3.30. The highest BCUT2D eigenvalue weighted by Crippen LogP contribution is 2.14. The molecule has 2 rings (SSSR count).